The van der Waals surface area contributed by atoms with Crippen LogP contribution in [0, 0.1) is 5.82 Å². The second kappa shape index (κ2) is 7.28. The molecule has 1 N–H and O–H groups in total. The summed E-state index contributed by atoms with van der Waals surface area (Å²) in [4.78, 5) is 0. The number of hydrogen-bond acceptors (Lipinski definition) is 2. The maximum absolute atomic E-state index is 13.5. The molecule has 0 aliphatic carbocycles. The lowest BCUT2D eigenvalue weighted by Crippen LogP contribution is -2.00. The molecule has 3 heteroatoms. The van der Waals surface area contributed by atoms with Gasteiger partial charge in [-0.2, -0.15) is 0 Å². The van der Waals surface area contributed by atoms with Gasteiger partial charge < -0.3 is 9.84 Å². The van der Waals surface area contributed by atoms with Gasteiger partial charge in [0.2, 0.25) is 0 Å². The number of hydrogen-bond donors (Lipinski definition) is 1. The normalized spacial score (nSPS) is 12.5. The third kappa shape index (κ3) is 4.73. The Morgan fingerprint density at radius 2 is 2.06 bits per heavy atom. The first-order valence-corrected chi connectivity index (χ1v) is 6.25. The molecular weight excluding hydrogens is 219 g/mol. The standard InChI is InChI=1S/C14H21FO2/c1-3-4-5-6-9-17-12-7-8-13(11(2)16)14(15)10-12/h7-8,10-11,16H,3-6,9H2,1-2H3. The van der Waals surface area contributed by atoms with Gasteiger partial charge in [0.15, 0.2) is 0 Å². The summed E-state index contributed by atoms with van der Waals surface area (Å²) < 4.78 is 18.9. The molecule has 0 fully saturated rings. The molecule has 0 aliphatic rings. The van der Waals surface area contributed by atoms with Gasteiger partial charge >= 0.3 is 0 Å². The van der Waals surface area contributed by atoms with Gasteiger partial charge in [-0.1, -0.05) is 26.2 Å². The van der Waals surface area contributed by atoms with E-state index in [-0.39, 0.29) is 0 Å². The highest BCUT2D eigenvalue weighted by Gasteiger charge is 2.08. The number of unbranched alkanes of at least 4 members (excludes halogenated alkanes) is 3. The molecule has 1 rings (SSSR count). The maximum Gasteiger partial charge on any atom is 0.132 e. The summed E-state index contributed by atoms with van der Waals surface area (Å²) in [6.45, 7) is 4.32. The van der Waals surface area contributed by atoms with E-state index in [2.05, 4.69) is 6.92 Å². The van der Waals surface area contributed by atoms with Crippen molar-refractivity contribution in [3.8, 4) is 5.75 Å². The summed E-state index contributed by atoms with van der Waals surface area (Å²) in [5, 5.41) is 9.29. The van der Waals surface area contributed by atoms with Crippen LogP contribution in [-0.2, 0) is 0 Å². The van der Waals surface area contributed by atoms with Crippen LogP contribution in [-0.4, -0.2) is 11.7 Å². The fourth-order valence-corrected chi connectivity index (χ4v) is 1.66. The Bertz CT molecular complexity index is 337. The molecule has 1 aromatic rings. The molecule has 1 unspecified atom stereocenters. The summed E-state index contributed by atoms with van der Waals surface area (Å²) in [5.74, 6) is 0.120. The first kappa shape index (κ1) is 14.0. The van der Waals surface area contributed by atoms with Gasteiger partial charge in [-0.05, 0) is 25.5 Å². The van der Waals surface area contributed by atoms with E-state index in [1.54, 1.807) is 19.1 Å². The van der Waals surface area contributed by atoms with Gasteiger partial charge in [0.25, 0.3) is 0 Å². The van der Waals surface area contributed by atoms with Crippen molar-refractivity contribution in [3.63, 3.8) is 0 Å². The minimum Gasteiger partial charge on any atom is -0.493 e. The number of ether oxygens (including phenoxy) is 1. The zero-order chi connectivity index (χ0) is 12.7. The Morgan fingerprint density at radius 1 is 1.29 bits per heavy atom. The largest absolute Gasteiger partial charge is 0.493 e. The monoisotopic (exact) mass is 240 g/mol. The summed E-state index contributed by atoms with van der Waals surface area (Å²) in [6.07, 6.45) is 3.75. The van der Waals surface area contributed by atoms with Gasteiger partial charge in [-0.25, -0.2) is 4.39 Å². The highest BCUT2D eigenvalue weighted by atomic mass is 19.1. The summed E-state index contributed by atoms with van der Waals surface area (Å²) in [7, 11) is 0. The molecule has 0 spiro atoms. The molecule has 1 atom stereocenters. The second-order valence-corrected chi connectivity index (χ2v) is 4.27. The Hall–Kier alpha value is -1.09. The number of aliphatic hydroxyl groups excluding tert-OH is 1. The molecule has 0 amide bonds. The third-order valence-corrected chi connectivity index (χ3v) is 2.69. The molecule has 0 bridgehead atoms. The number of halogens is 1. The van der Waals surface area contributed by atoms with E-state index >= 15 is 0 Å². The van der Waals surface area contributed by atoms with Gasteiger partial charge in [0, 0.05) is 11.6 Å². The lowest BCUT2D eigenvalue weighted by molar-refractivity contribution is 0.194. The topological polar surface area (TPSA) is 29.5 Å². The smallest absolute Gasteiger partial charge is 0.132 e. The Kier molecular flexibility index (Phi) is 5.98. The molecule has 0 radical (unpaired) electrons. The zero-order valence-corrected chi connectivity index (χ0v) is 10.6. The van der Waals surface area contributed by atoms with Crippen molar-refractivity contribution >= 4 is 0 Å². The van der Waals surface area contributed by atoms with Crippen molar-refractivity contribution in [2.75, 3.05) is 6.61 Å². The fraction of sp³-hybridized carbons (Fsp3) is 0.571. The highest BCUT2D eigenvalue weighted by Crippen LogP contribution is 2.21. The first-order chi connectivity index (χ1) is 8.15. The Labute approximate surface area is 102 Å². The van der Waals surface area contributed by atoms with Crippen LogP contribution in [0.5, 0.6) is 5.75 Å². The third-order valence-electron chi connectivity index (χ3n) is 2.69. The van der Waals surface area contributed by atoms with Gasteiger partial charge in [0.05, 0.1) is 12.7 Å². The van der Waals surface area contributed by atoms with Gasteiger partial charge in [0.1, 0.15) is 11.6 Å². The lowest BCUT2D eigenvalue weighted by atomic mass is 10.1. The molecule has 17 heavy (non-hydrogen) atoms. The average Bonchev–Trinajstić information content (AvgIpc) is 2.28. The highest BCUT2D eigenvalue weighted by molar-refractivity contribution is 5.29. The molecule has 2 nitrogen and oxygen atoms in total. The van der Waals surface area contributed by atoms with Crippen LogP contribution >= 0.6 is 0 Å². The molecule has 0 aromatic heterocycles. The van der Waals surface area contributed by atoms with Gasteiger partial charge in [-0.15, -0.1) is 0 Å². The molecule has 1 aromatic carbocycles. The lowest BCUT2D eigenvalue weighted by Gasteiger charge is -2.09. The molecule has 0 heterocycles. The number of aliphatic hydroxyl groups is 1. The minimum atomic E-state index is -0.784. The van der Waals surface area contributed by atoms with E-state index in [4.69, 9.17) is 4.74 Å². The van der Waals surface area contributed by atoms with Crippen LogP contribution < -0.4 is 4.74 Å². The first-order valence-electron chi connectivity index (χ1n) is 6.25. The molecule has 96 valence electrons. The van der Waals surface area contributed by atoms with Crippen molar-refractivity contribution < 1.29 is 14.2 Å². The van der Waals surface area contributed by atoms with Crippen molar-refractivity contribution in [2.24, 2.45) is 0 Å². The average molecular weight is 240 g/mol. The summed E-state index contributed by atoms with van der Waals surface area (Å²) in [6, 6.07) is 4.61. The van der Waals surface area contributed by atoms with Crippen LogP contribution in [0.3, 0.4) is 0 Å². The quantitative estimate of drug-likeness (QED) is 0.734. The second-order valence-electron chi connectivity index (χ2n) is 4.27. The van der Waals surface area contributed by atoms with Crippen LogP contribution in [0.4, 0.5) is 4.39 Å². The molecular formula is C14H21FO2. The SMILES string of the molecule is CCCCCCOc1ccc(C(C)O)c(F)c1. The molecule has 0 saturated carbocycles. The molecule has 0 saturated heterocycles. The Balaban J connectivity index is 2.42. The van der Waals surface area contributed by atoms with Crippen molar-refractivity contribution in [3.05, 3.63) is 29.6 Å². The van der Waals surface area contributed by atoms with Crippen LogP contribution in [0.25, 0.3) is 0 Å². The molecule has 0 aliphatic heterocycles. The predicted molar refractivity (Wildman–Crippen MR) is 66.7 cm³/mol. The number of rotatable bonds is 7. The van der Waals surface area contributed by atoms with Crippen LogP contribution in [0.1, 0.15) is 51.2 Å². The van der Waals surface area contributed by atoms with E-state index in [0.29, 0.717) is 17.9 Å². The van der Waals surface area contributed by atoms with Crippen molar-refractivity contribution in [1.82, 2.24) is 0 Å². The van der Waals surface area contributed by atoms with Crippen LogP contribution in [0.15, 0.2) is 18.2 Å². The number of benzene rings is 1. The van der Waals surface area contributed by atoms with Crippen LogP contribution in [0.2, 0.25) is 0 Å². The van der Waals surface area contributed by atoms with Crippen molar-refractivity contribution in [1.29, 1.82) is 0 Å². The predicted octanol–water partition coefficient (Wildman–Crippen LogP) is 3.84. The van der Waals surface area contributed by atoms with E-state index < -0.39 is 11.9 Å². The summed E-state index contributed by atoms with van der Waals surface area (Å²) >= 11 is 0. The van der Waals surface area contributed by atoms with Gasteiger partial charge in [-0.3, -0.25) is 0 Å². The minimum absolute atomic E-state index is 0.309. The van der Waals surface area contributed by atoms with E-state index in [9.17, 15) is 9.50 Å². The van der Waals surface area contributed by atoms with E-state index in [1.165, 1.54) is 18.9 Å². The van der Waals surface area contributed by atoms with E-state index in [1.807, 2.05) is 0 Å². The Morgan fingerprint density at radius 3 is 2.65 bits per heavy atom. The maximum atomic E-state index is 13.5. The fourth-order valence-electron chi connectivity index (χ4n) is 1.66. The van der Waals surface area contributed by atoms with Crippen molar-refractivity contribution in [2.45, 2.75) is 45.6 Å². The summed E-state index contributed by atoms with van der Waals surface area (Å²) in [5.41, 5.74) is 0.309. The van der Waals surface area contributed by atoms with E-state index in [0.717, 1.165) is 12.8 Å². The zero-order valence-electron chi connectivity index (χ0n) is 10.6.